The third-order valence-corrected chi connectivity index (χ3v) is 2.49. The third-order valence-electron chi connectivity index (χ3n) is 2.49. The first kappa shape index (κ1) is 17.2. The van der Waals surface area contributed by atoms with Gasteiger partial charge >= 0.3 is 12.0 Å². The van der Waals surface area contributed by atoms with Crippen LogP contribution in [-0.4, -0.2) is 65.5 Å². The maximum absolute atomic E-state index is 12.0. The highest BCUT2D eigenvalue weighted by Gasteiger charge is 2.27. The van der Waals surface area contributed by atoms with Crippen LogP contribution in [0, 0.1) is 0 Å². The summed E-state index contributed by atoms with van der Waals surface area (Å²) >= 11 is 0. The van der Waals surface area contributed by atoms with Crippen molar-refractivity contribution in [3.63, 3.8) is 0 Å². The van der Waals surface area contributed by atoms with Crippen molar-refractivity contribution in [2.24, 2.45) is 0 Å². The quantitative estimate of drug-likeness (QED) is 0.756. The standard InChI is InChI=1S/C12H23N3O4/c1-12(2,3)15(7-6-10(17)18)11(19)13-8-9(16)14(4)5/h6-8H2,1-5H3,(H,13,19)(H,17,18). The molecule has 0 aliphatic rings. The van der Waals surface area contributed by atoms with Gasteiger partial charge in [0.05, 0.1) is 13.0 Å². The van der Waals surface area contributed by atoms with Gasteiger partial charge in [0.1, 0.15) is 0 Å². The molecule has 0 heterocycles. The van der Waals surface area contributed by atoms with Crippen molar-refractivity contribution in [1.29, 1.82) is 0 Å². The van der Waals surface area contributed by atoms with E-state index in [1.807, 2.05) is 20.8 Å². The van der Waals surface area contributed by atoms with Crippen LogP contribution in [0.5, 0.6) is 0 Å². The predicted octanol–water partition coefficient (Wildman–Crippen LogP) is 0.359. The van der Waals surface area contributed by atoms with E-state index in [-0.39, 0.29) is 25.4 Å². The van der Waals surface area contributed by atoms with E-state index >= 15 is 0 Å². The van der Waals surface area contributed by atoms with E-state index in [9.17, 15) is 14.4 Å². The van der Waals surface area contributed by atoms with Crippen LogP contribution in [0.2, 0.25) is 0 Å². The number of hydrogen-bond acceptors (Lipinski definition) is 3. The summed E-state index contributed by atoms with van der Waals surface area (Å²) in [6.45, 7) is 5.42. The number of urea groups is 1. The zero-order chi connectivity index (χ0) is 15.2. The lowest BCUT2D eigenvalue weighted by Gasteiger charge is -2.35. The Hall–Kier alpha value is -1.79. The largest absolute Gasteiger partial charge is 0.481 e. The minimum Gasteiger partial charge on any atom is -0.481 e. The number of nitrogens with zero attached hydrogens (tertiary/aromatic N) is 2. The highest BCUT2D eigenvalue weighted by atomic mass is 16.4. The van der Waals surface area contributed by atoms with Crippen LogP contribution in [0.4, 0.5) is 4.79 Å². The van der Waals surface area contributed by atoms with E-state index in [1.54, 1.807) is 14.1 Å². The number of hydrogen-bond donors (Lipinski definition) is 2. The summed E-state index contributed by atoms with van der Waals surface area (Å²) in [5.41, 5.74) is -0.513. The lowest BCUT2D eigenvalue weighted by molar-refractivity contribution is -0.137. The van der Waals surface area contributed by atoms with Gasteiger partial charge in [-0.3, -0.25) is 9.59 Å². The van der Waals surface area contributed by atoms with Gasteiger partial charge in [-0.15, -0.1) is 0 Å². The van der Waals surface area contributed by atoms with Gasteiger partial charge in [-0.25, -0.2) is 4.79 Å². The minimum atomic E-state index is -0.966. The van der Waals surface area contributed by atoms with Crippen LogP contribution >= 0.6 is 0 Å². The number of carbonyl (C=O) groups excluding carboxylic acids is 2. The second kappa shape index (κ2) is 6.96. The maximum atomic E-state index is 12.0. The summed E-state index contributed by atoms with van der Waals surface area (Å²) < 4.78 is 0. The van der Waals surface area contributed by atoms with Crippen molar-refractivity contribution in [3.8, 4) is 0 Å². The predicted molar refractivity (Wildman–Crippen MR) is 70.8 cm³/mol. The van der Waals surface area contributed by atoms with E-state index < -0.39 is 17.5 Å². The Morgan fingerprint density at radius 1 is 1.16 bits per heavy atom. The fourth-order valence-corrected chi connectivity index (χ4v) is 1.35. The molecule has 0 aromatic rings. The van der Waals surface area contributed by atoms with Gasteiger partial charge in [-0.05, 0) is 20.8 Å². The molecule has 0 fully saturated rings. The summed E-state index contributed by atoms with van der Waals surface area (Å²) in [4.78, 5) is 36.7. The van der Waals surface area contributed by atoms with Crippen molar-refractivity contribution >= 4 is 17.9 Å². The van der Waals surface area contributed by atoms with E-state index in [0.717, 1.165) is 0 Å². The van der Waals surface area contributed by atoms with E-state index in [1.165, 1.54) is 9.80 Å². The van der Waals surface area contributed by atoms with Crippen molar-refractivity contribution in [2.45, 2.75) is 32.7 Å². The average molecular weight is 273 g/mol. The molecule has 0 atom stereocenters. The topological polar surface area (TPSA) is 90.0 Å². The lowest BCUT2D eigenvalue weighted by atomic mass is 10.1. The Labute approximate surface area is 113 Å². The first-order valence-corrected chi connectivity index (χ1v) is 6.03. The number of carboxylic acids is 1. The van der Waals surface area contributed by atoms with Crippen LogP contribution in [0.3, 0.4) is 0 Å². The molecule has 0 radical (unpaired) electrons. The molecule has 7 heteroatoms. The molecule has 0 aliphatic heterocycles. The molecule has 0 spiro atoms. The van der Waals surface area contributed by atoms with E-state index in [2.05, 4.69) is 5.32 Å². The monoisotopic (exact) mass is 273 g/mol. The highest BCUT2D eigenvalue weighted by molar-refractivity contribution is 5.84. The van der Waals surface area contributed by atoms with Crippen molar-refractivity contribution in [3.05, 3.63) is 0 Å². The second-order valence-corrected chi connectivity index (χ2v) is 5.41. The minimum absolute atomic E-state index is 0.0980. The second-order valence-electron chi connectivity index (χ2n) is 5.41. The Kier molecular flexibility index (Phi) is 6.31. The van der Waals surface area contributed by atoms with Crippen LogP contribution in [0.25, 0.3) is 0 Å². The van der Waals surface area contributed by atoms with E-state index in [4.69, 9.17) is 5.11 Å². The van der Waals surface area contributed by atoms with Gasteiger partial charge in [0.25, 0.3) is 0 Å². The summed E-state index contributed by atoms with van der Waals surface area (Å²) in [6.07, 6.45) is -0.133. The SMILES string of the molecule is CN(C)C(=O)CNC(=O)N(CCC(=O)O)C(C)(C)C. The molecule has 110 valence electrons. The molecular weight excluding hydrogens is 250 g/mol. The number of nitrogens with one attached hydrogen (secondary N) is 1. The fraction of sp³-hybridized carbons (Fsp3) is 0.750. The molecule has 2 N–H and O–H groups in total. The lowest BCUT2D eigenvalue weighted by Crippen LogP contribution is -2.52. The summed E-state index contributed by atoms with van der Waals surface area (Å²) in [6, 6.07) is -0.441. The molecule has 0 aromatic carbocycles. The average Bonchev–Trinajstić information content (AvgIpc) is 2.23. The Bertz CT molecular complexity index is 347. The van der Waals surface area contributed by atoms with Gasteiger partial charge < -0.3 is 20.2 Å². The smallest absolute Gasteiger partial charge is 0.318 e. The normalized spacial score (nSPS) is 10.8. The molecule has 0 unspecified atom stereocenters. The fourth-order valence-electron chi connectivity index (χ4n) is 1.35. The highest BCUT2D eigenvalue weighted by Crippen LogP contribution is 2.13. The zero-order valence-corrected chi connectivity index (χ0v) is 12.2. The zero-order valence-electron chi connectivity index (χ0n) is 12.2. The molecule has 0 aliphatic carbocycles. The summed E-state index contributed by atoms with van der Waals surface area (Å²) in [5.74, 6) is -1.19. The molecule has 3 amide bonds. The van der Waals surface area contributed by atoms with Crippen LogP contribution in [0.1, 0.15) is 27.2 Å². The van der Waals surface area contributed by atoms with Crippen LogP contribution < -0.4 is 5.32 Å². The number of amides is 3. The molecule has 0 saturated carbocycles. The maximum Gasteiger partial charge on any atom is 0.318 e. The van der Waals surface area contributed by atoms with Crippen LogP contribution in [-0.2, 0) is 9.59 Å². The van der Waals surface area contributed by atoms with Gasteiger partial charge in [-0.2, -0.15) is 0 Å². The number of aliphatic carboxylic acids is 1. The first-order valence-electron chi connectivity index (χ1n) is 6.03. The molecule has 0 saturated heterocycles. The van der Waals surface area contributed by atoms with Gasteiger partial charge in [0.15, 0.2) is 0 Å². The molecule has 7 nitrogen and oxygen atoms in total. The third kappa shape index (κ3) is 6.64. The van der Waals surface area contributed by atoms with Crippen molar-refractivity contribution in [1.82, 2.24) is 15.1 Å². The van der Waals surface area contributed by atoms with Crippen molar-refractivity contribution in [2.75, 3.05) is 27.2 Å². The first-order chi connectivity index (χ1) is 8.55. The number of likely N-dealkylation sites (N-methyl/N-ethyl adjacent to an activating group) is 1. The molecule has 0 rings (SSSR count). The van der Waals surface area contributed by atoms with Crippen LogP contribution in [0.15, 0.2) is 0 Å². The van der Waals surface area contributed by atoms with Gasteiger partial charge in [0.2, 0.25) is 5.91 Å². The molecule has 19 heavy (non-hydrogen) atoms. The summed E-state index contributed by atoms with van der Waals surface area (Å²) in [5, 5.41) is 11.2. The molecular formula is C12H23N3O4. The molecule has 0 aromatic heterocycles. The Morgan fingerprint density at radius 2 is 1.68 bits per heavy atom. The number of carbonyl (C=O) groups is 3. The Morgan fingerprint density at radius 3 is 2.05 bits per heavy atom. The number of carboxylic acid groups (broad SMARTS) is 1. The number of rotatable bonds is 5. The molecule has 0 bridgehead atoms. The Balaban J connectivity index is 4.56. The van der Waals surface area contributed by atoms with E-state index in [0.29, 0.717) is 0 Å². The summed E-state index contributed by atoms with van der Waals surface area (Å²) in [7, 11) is 3.20. The van der Waals surface area contributed by atoms with Gasteiger partial charge in [-0.1, -0.05) is 0 Å². The van der Waals surface area contributed by atoms with Crippen molar-refractivity contribution < 1.29 is 19.5 Å². The van der Waals surface area contributed by atoms with Gasteiger partial charge in [0, 0.05) is 26.2 Å².